The molecule has 0 saturated carbocycles. The van der Waals surface area contributed by atoms with Gasteiger partial charge in [0.1, 0.15) is 51.2 Å². The van der Waals surface area contributed by atoms with Gasteiger partial charge in [0.25, 0.3) is 17.7 Å². The van der Waals surface area contributed by atoms with Crippen molar-refractivity contribution in [1.82, 2.24) is 102 Å². The predicted molar refractivity (Wildman–Crippen MR) is 335 cm³/mol. The smallest absolute Gasteiger partial charge is 0.267 e. The normalized spacial score (nSPS) is 14.6. The first kappa shape index (κ1) is 60.7. The summed E-state index contributed by atoms with van der Waals surface area (Å²) in [4.78, 5) is 63.7. The molecule has 2 aliphatic rings. The van der Waals surface area contributed by atoms with Gasteiger partial charge in [-0.25, -0.2) is 29.9 Å². The van der Waals surface area contributed by atoms with Crippen LogP contribution in [0.2, 0.25) is 0 Å². The Labute approximate surface area is 520 Å². The Hall–Kier alpha value is -10.6. The average molecular weight is 1240 g/mol. The molecule has 2 aliphatic heterocycles. The van der Waals surface area contributed by atoms with Crippen molar-refractivity contribution >= 4 is 50.4 Å². The number of aryl methyl sites for hydroxylation is 10. The maximum absolute atomic E-state index is 11.9. The summed E-state index contributed by atoms with van der Waals surface area (Å²) in [7, 11) is 11.0. The number of ether oxygens (including phenoxy) is 3. The molecule has 3 amide bonds. The van der Waals surface area contributed by atoms with Gasteiger partial charge >= 0.3 is 0 Å². The standard InChI is InChI=1S/C21H26N8O2.2C20H22N8O2/c1-5-28-17-10-15(20(22)30)24-19(14(17)11-23-28)21-25-16(12-27(21)3)18-9-13(2)26-29(18)7-6-8-31-4;2*1-11-6-17(28(25-11)9-12-4-5-30-12)15-10-26(2)20(24-15)18-13-8-22-27(3)16(13)7-14(23-18)19(21)29/h9-12H,5-8H2,1-4H3,(H2,22,30);2*6-8,10,12H,4-5,9H2,1-3H3,(H2,21,29)/t;2*12-/m.10/s1. The van der Waals surface area contributed by atoms with Crippen LogP contribution in [0.3, 0.4) is 0 Å². The topological polar surface area (TPSA) is 356 Å². The maximum atomic E-state index is 11.9. The van der Waals surface area contributed by atoms with Crippen LogP contribution < -0.4 is 17.2 Å². The van der Waals surface area contributed by atoms with Crippen LogP contribution >= 0.6 is 0 Å². The van der Waals surface area contributed by atoms with E-state index in [0.717, 1.165) is 123 Å². The van der Waals surface area contributed by atoms with E-state index < -0.39 is 17.7 Å². The SMILES string of the molecule is CCn1ncc2c(-c3nc(-c4cc(C)nn4CCCOC)cn3C)nc(C(N)=O)cc21.Cc1cc(-c2cn(C)c(-c3nc(C(N)=O)cc4c3cnn4C)n2)n(C[C@@H]2CCO2)n1.Cc1cc(-c2cn(C)c(-c3nc(C(N)=O)cc4c3cnn4C)n2)n(C[C@H]2CCO2)n1. The number of imidazole rings is 3. The number of nitrogens with zero attached hydrogens (tertiary/aromatic N) is 21. The lowest BCUT2D eigenvalue weighted by Crippen LogP contribution is -2.31. The molecule has 0 spiro atoms. The van der Waals surface area contributed by atoms with Crippen LogP contribution in [0.15, 0.2) is 73.6 Å². The van der Waals surface area contributed by atoms with Gasteiger partial charge < -0.3 is 45.1 Å². The highest BCUT2D eigenvalue weighted by Crippen LogP contribution is 2.34. The Balaban J connectivity index is 0.000000132. The molecule has 14 heterocycles. The number of primary amides is 3. The van der Waals surface area contributed by atoms with Crippen LogP contribution in [0.5, 0.6) is 0 Å². The van der Waals surface area contributed by atoms with E-state index in [1.807, 2.05) is 132 Å². The first-order valence-electron chi connectivity index (χ1n) is 29.6. The third-order valence-corrected chi connectivity index (χ3v) is 16.0. The summed E-state index contributed by atoms with van der Waals surface area (Å²) in [6.45, 7) is 12.9. The monoisotopic (exact) mass is 1230 g/mol. The molecule has 30 heteroatoms. The molecule has 0 aromatic carbocycles. The zero-order valence-corrected chi connectivity index (χ0v) is 52.2. The van der Waals surface area contributed by atoms with Gasteiger partial charge in [-0.2, -0.15) is 30.6 Å². The number of carbonyl (C=O) groups is 3. The average Bonchev–Trinajstić information content (AvgIpc) is 1.70. The van der Waals surface area contributed by atoms with E-state index in [9.17, 15) is 14.4 Å². The van der Waals surface area contributed by atoms with Gasteiger partial charge in [0.15, 0.2) is 17.5 Å². The molecular formula is C61H70N24O6. The summed E-state index contributed by atoms with van der Waals surface area (Å²) in [5.74, 6) is 0.0908. The zero-order valence-electron chi connectivity index (χ0n) is 52.2. The number of aromatic nitrogens is 21. The minimum atomic E-state index is -0.594. The Bertz CT molecular complexity index is 4540. The van der Waals surface area contributed by atoms with E-state index in [4.69, 9.17) is 46.4 Å². The second-order valence-corrected chi connectivity index (χ2v) is 22.6. The van der Waals surface area contributed by atoms with Gasteiger partial charge in [0.2, 0.25) is 0 Å². The van der Waals surface area contributed by atoms with Crippen molar-refractivity contribution in [1.29, 1.82) is 0 Å². The highest BCUT2D eigenvalue weighted by Gasteiger charge is 2.27. The Morgan fingerprint density at radius 3 is 1.24 bits per heavy atom. The van der Waals surface area contributed by atoms with Crippen molar-refractivity contribution in [3.8, 4) is 68.7 Å². The van der Waals surface area contributed by atoms with E-state index >= 15 is 0 Å². The number of nitrogens with two attached hydrogens (primary N) is 3. The minimum Gasteiger partial charge on any atom is -0.385 e. The predicted octanol–water partition coefficient (Wildman–Crippen LogP) is 5.02. The fraction of sp³-hybridized carbons (Fsp3) is 0.361. The molecule has 14 rings (SSSR count). The zero-order chi connectivity index (χ0) is 64.1. The molecule has 12 aromatic heterocycles. The first-order chi connectivity index (χ1) is 43.7. The highest BCUT2D eigenvalue weighted by atomic mass is 16.5. The van der Waals surface area contributed by atoms with Crippen molar-refractivity contribution in [2.75, 3.05) is 26.9 Å². The summed E-state index contributed by atoms with van der Waals surface area (Å²) < 4.78 is 33.0. The van der Waals surface area contributed by atoms with Gasteiger partial charge in [0, 0.05) is 110 Å². The third-order valence-electron chi connectivity index (χ3n) is 16.0. The number of methoxy groups -OCH3 is 1. The summed E-state index contributed by atoms with van der Waals surface area (Å²) in [5, 5.41) is 29.3. The van der Waals surface area contributed by atoms with Crippen LogP contribution in [0, 0.1) is 20.8 Å². The Kier molecular flexibility index (Phi) is 16.5. The number of rotatable bonds is 18. The minimum absolute atomic E-state index is 0.175. The van der Waals surface area contributed by atoms with Crippen LogP contribution in [0.1, 0.15) is 74.7 Å². The molecule has 91 heavy (non-hydrogen) atoms. The lowest BCUT2D eigenvalue weighted by atomic mass is 10.2. The molecule has 0 radical (unpaired) electrons. The molecule has 6 N–H and O–H groups in total. The summed E-state index contributed by atoms with van der Waals surface area (Å²) in [5.41, 5.74) is 28.9. The van der Waals surface area contributed by atoms with Crippen molar-refractivity contribution in [2.45, 2.75) is 85.3 Å². The van der Waals surface area contributed by atoms with Crippen molar-refractivity contribution in [2.24, 2.45) is 52.4 Å². The first-order valence-corrected chi connectivity index (χ1v) is 29.6. The molecule has 0 bridgehead atoms. The lowest BCUT2D eigenvalue weighted by molar-refractivity contribution is -0.0608. The molecule has 0 unspecified atom stereocenters. The second kappa shape index (κ2) is 24.8. The molecule has 30 nitrogen and oxygen atoms in total. The lowest BCUT2D eigenvalue weighted by Gasteiger charge is -2.26. The van der Waals surface area contributed by atoms with E-state index in [2.05, 4.69) is 45.5 Å². The fourth-order valence-electron chi connectivity index (χ4n) is 11.2. The Morgan fingerprint density at radius 2 is 0.879 bits per heavy atom. The fourth-order valence-corrected chi connectivity index (χ4v) is 11.2. The number of hydrogen-bond donors (Lipinski definition) is 3. The molecule has 2 saturated heterocycles. The second-order valence-electron chi connectivity index (χ2n) is 22.6. The molecule has 2 atom stereocenters. The number of fused-ring (bicyclic) bond motifs is 3. The third kappa shape index (κ3) is 12.0. The van der Waals surface area contributed by atoms with Gasteiger partial charge in [-0.3, -0.25) is 42.5 Å². The van der Waals surface area contributed by atoms with Crippen LogP contribution in [-0.2, 0) is 75.6 Å². The number of amides is 3. The molecule has 0 aliphatic carbocycles. The molecule has 2 fully saturated rings. The molecular weight excluding hydrogens is 1160 g/mol. The van der Waals surface area contributed by atoms with Crippen LogP contribution in [0.4, 0.5) is 0 Å². The van der Waals surface area contributed by atoms with E-state index in [0.29, 0.717) is 60.8 Å². The number of pyridine rings is 3. The molecule has 12 aromatic rings. The highest BCUT2D eigenvalue weighted by molar-refractivity contribution is 6.01. The number of hydrogen-bond acceptors (Lipinski definition) is 18. The van der Waals surface area contributed by atoms with Crippen molar-refractivity contribution in [3.05, 3.63) is 108 Å². The molecule has 470 valence electrons. The number of carbonyl (C=O) groups excluding carboxylic acids is 3. The van der Waals surface area contributed by atoms with Gasteiger partial charge in [-0.05, 0) is 83.4 Å². The van der Waals surface area contributed by atoms with E-state index in [-0.39, 0.29) is 29.3 Å². The van der Waals surface area contributed by atoms with Gasteiger partial charge in [-0.15, -0.1) is 0 Å². The van der Waals surface area contributed by atoms with E-state index in [1.165, 1.54) is 0 Å². The quantitative estimate of drug-likeness (QED) is 0.0950. The van der Waals surface area contributed by atoms with Gasteiger partial charge in [-0.1, -0.05) is 0 Å². The van der Waals surface area contributed by atoms with E-state index in [1.54, 1.807) is 53.3 Å². The Morgan fingerprint density at radius 1 is 0.516 bits per heavy atom. The summed E-state index contributed by atoms with van der Waals surface area (Å²) >= 11 is 0. The van der Waals surface area contributed by atoms with Crippen molar-refractivity contribution < 1.29 is 28.6 Å². The summed E-state index contributed by atoms with van der Waals surface area (Å²) in [6, 6.07) is 11.0. The van der Waals surface area contributed by atoms with Gasteiger partial charge in [0.05, 0.1) is 94.6 Å². The largest absolute Gasteiger partial charge is 0.385 e. The summed E-state index contributed by atoms with van der Waals surface area (Å²) in [6.07, 6.45) is 14.3. The van der Waals surface area contributed by atoms with Crippen molar-refractivity contribution in [3.63, 3.8) is 0 Å². The van der Waals surface area contributed by atoms with Crippen LogP contribution in [0.25, 0.3) is 101 Å². The van der Waals surface area contributed by atoms with Crippen LogP contribution in [-0.4, -0.2) is 159 Å². The maximum Gasteiger partial charge on any atom is 0.267 e.